The number of hydrogen-bond acceptors (Lipinski definition) is 4. The molecule has 3 heterocycles. The highest BCUT2D eigenvalue weighted by atomic mass is 32.1. The van der Waals surface area contributed by atoms with Gasteiger partial charge in [0, 0.05) is 29.9 Å². The minimum atomic E-state index is -1.01. The zero-order chi connectivity index (χ0) is 15.4. The second kappa shape index (κ2) is 6.52. The lowest BCUT2D eigenvalue weighted by Crippen LogP contribution is -2.35. The van der Waals surface area contributed by atoms with Gasteiger partial charge in [0.2, 0.25) is 0 Å². The number of thiophene rings is 1. The molecule has 22 heavy (non-hydrogen) atoms. The van der Waals surface area contributed by atoms with Crippen molar-refractivity contribution in [3.8, 4) is 0 Å². The Hall–Kier alpha value is -1.82. The number of rotatable bonds is 7. The molecule has 0 aliphatic carbocycles. The molecule has 0 spiro atoms. The van der Waals surface area contributed by atoms with Crippen LogP contribution < -0.4 is 5.32 Å². The maximum absolute atomic E-state index is 10.4. The summed E-state index contributed by atoms with van der Waals surface area (Å²) in [5, 5.41) is 15.8. The lowest BCUT2D eigenvalue weighted by molar-refractivity contribution is 0.0339. The summed E-state index contributed by atoms with van der Waals surface area (Å²) in [6, 6.07) is 11.9. The Bertz CT molecular complexity index is 684. The number of hydrogen-bond donors (Lipinski definition) is 2. The van der Waals surface area contributed by atoms with Crippen LogP contribution in [0.2, 0.25) is 0 Å². The predicted octanol–water partition coefficient (Wildman–Crippen LogP) is 3.19. The fourth-order valence-electron chi connectivity index (χ4n) is 2.44. The van der Waals surface area contributed by atoms with Gasteiger partial charge in [0.1, 0.15) is 11.4 Å². The van der Waals surface area contributed by atoms with Crippen LogP contribution in [0.4, 0.5) is 0 Å². The largest absolute Gasteiger partial charge is 0.466 e. The van der Waals surface area contributed by atoms with Crippen LogP contribution in [-0.4, -0.2) is 16.2 Å². The molecule has 4 nitrogen and oxygen atoms in total. The van der Waals surface area contributed by atoms with Crippen LogP contribution in [0.15, 0.2) is 58.7 Å². The number of nitrogens with one attached hydrogen (secondary N) is 1. The van der Waals surface area contributed by atoms with Crippen molar-refractivity contribution < 1.29 is 9.52 Å². The molecule has 116 valence electrons. The molecule has 0 saturated carbocycles. The van der Waals surface area contributed by atoms with Crippen molar-refractivity contribution in [1.29, 1.82) is 0 Å². The van der Waals surface area contributed by atoms with E-state index in [1.807, 2.05) is 0 Å². The topological polar surface area (TPSA) is 50.3 Å². The summed E-state index contributed by atoms with van der Waals surface area (Å²) in [7, 11) is 0. The summed E-state index contributed by atoms with van der Waals surface area (Å²) in [6.07, 6.45) is 3.66. The maximum atomic E-state index is 10.4. The van der Waals surface area contributed by atoms with Gasteiger partial charge in [0.15, 0.2) is 0 Å². The quantitative estimate of drug-likeness (QED) is 0.704. The molecule has 3 aromatic rings. The Labute approximate surface area is 134 Å². The van der Waals surface area contributed by atoms with E-state index in [1.54, 1.807) is 36.7 Å². The lowest BCUT2D eigenvalue weighted by Gasteiger charge is -2.21. The summed E-state index contributed by atoms with van der Waals surface area (Å²) in [5.41, 5.74) is 0.193. The van der Waals surface area contributed by atoms with E-state index in [0.717, 1.165) is 6.54 Å². The maximum Gasteiger partial charge on any atom is 0.136 e. The van der Waals surface area contributed by atoms with Crippen molar-refractivity contribution in [2.45, 2.75) is 25.6 Å². The normalized spacial score (nSPS) is 14.1. The molecule has 2 N–H and O–H groups in total. The SMILES string of the molecule is CC(O)(CNCc1cccn1Cc1cccs1)c1ccco1. The van der Waals surface area contributed by atoms with Gasteiger partial charge in [-0.15, -0.1) is 11.3 Å². The van der Waals surface area contributed by atoms with E-state index >= 15 is 0 Å². The van der Waals surface area contributed by atoms with Gasteiger partial charge in [-0.1, -0.05) is 6.07 Å². The Balaban J connectivity index is 1.57. The van der Waals surface area contributed by atoms with Crippen molar-refractivity contribution in [2.24, 2.45) is 0 Å². The highest BCUT2D eigenvalue weighted by molar-refractivity contribution is 7.09. The highest BCUT2D eigenvalue weighted by Gasteiger charge is 2.25. The molecule has 0 aromatic carbocycles. The average Bonchev–Trinajstić information content (AvgIpc) is 3.21. The predicted molar refractivity (Wildman–Crippen MR) is 87.8 cm³/mol. The molecule has 0 amide bonds. The van der Waals surface area contributed by atoms with Crippen LogP contribution in [0, 0.1) is 0 Å². The first-order valence-electron chi connectivity index (χ1n) is 7.29. The van der Waals surface area contributed by atoms with Crippen molar-refractivity contribution >= 4 is 11.3 Å². The summed E-state index contributed by atoms with van der Waals surface area (Å²) >= 11 is 1.76. The molecular weight excluding hydrogens is 296 g/mol. The Morgan fingerprint density at radius 2 is 2.18 bits per heavy atom. The minimum Gasteiger partial charge on any atom is -0.466 e. The van der Waals surface area contributed by atoms with Crippen LogP contribution in [0.5, 0.6) is 0 Å². The Kier molecular flexibility index (Phi) is 4.47. The second-order valence-electron chi connectivity index (χ2n) is 5.56. The number of aromatic nitrogens is 1. The first-order chi connectivity index (χ1) is 10.6. The fourth-order valence-corrected chi connectivity index (χ4v) is 3.14. The third-order valence-corrected chi connectivity index (χ3v) is 4.52. The smallest absolute Gasteiger partial charge is 0.136 e. The first-order valence-corrected chi connectivity index (χ1v) is 8.16. The molecule has 3 rings (SSSR count). The number of furan rings is 1. The molecule has 3 aromatic heterocycles. The fraction of sp³-hybridized carbons (Fsp3) is 0.294. The lowest BCUT2D eigenvalue weighted by atomic mass is 10.0. The van der Waals surface area contributed by atoms with Crippen LogP contribution in [0.1, 0.15) is 23.3 Å². The summed E-state index contributed by atoms with van der Waals surface area (Å²) in [5.74, 6) is 0.578. The van der Waals surface area contributed by atoms with Gasteiger partial charge in [-0.2, -0.15) is 0 Å². The second-order valence-corrected chi connectivity index (χ2v) is 6.59. The standard InChI is InChI=1S/C17H20N2O2S/c1-17(20,16-7-3-9-21-16)13-18-11-14-5-2-8-19(14)12-15-6-4-10-22-15/h2-10,18,20H,11-13H2,1H3. The van der Waals surface area contributed by atoms with E-state index < -0.39 is 5.60 Å². The molecule has 0 fully saturated rings. The van der Waals surface area contributed by atoms with Crippen molar-refractivity contribution in [2.75, 3.05) is 6.54 Å². The zero-order valence-corrected chi connectivity index (χ0v) is 13.3. The van der Waals surface area contributed by atoms with Gasteiger partial charge in [0.25, 0.3) is 0 Å². The molecule has 0 saturated heterocycles. The van der Waals surface area contributed by atoms with E-state index in [-0.39, 0.29) is 0 Å². The monoisotopic (exact) mass is 316 g/mol. The summed E-state index contributed by atoms with van der Waals surface area (Å²) in [6.45, 7) is 3.78. The third kappa shape index (κ3) is 3.50. The van der Waals surface area contributed by atoms with E-state index in [2.05, 4.69) is 45.7 Å². The number of nitrogens with zero attached hydrogens (tertiary/aromatic N) is 1. The summed E-state index contributed by atoms with van der Waals surface area (Å²) < 4.78 is 7.51. The van der Waals surface area contributed by atoms with Gasteiger partial charge < -0.3 is 19.4 Å². The van der Waals surface area contributed by atoms with Gasteiger partial charge in [-0.05, 0) is 42.6 Å². The van der Waals surface area contributed by atoms with Crippen molar-refractivity contribution in [1.82, 2.24) is 9.88 Å². The van der Waals surface area contributed by atoms with E-state index in [4.69, 9.17) is 4.42 Å². The first kappa shape index (κ1) is 15.1. The van der Waals surface area contributed by atoms with Crippen molar-refractivity contribution in [3.63, 3.8) is 0 Å². The van der Waals surface area contributed by atoms with E-state index in [1.165, 1.54) is 10.6 Å². The number of aliphatic hydroxyl groups is 1. The van der Waals surface area contributed by atoms with Gasteiger partial charge in [-0.3, -0.25) is 0 Å². The molecular formula is C17H20N2O2S. The molecule has 0 bridgehead atoms. The minimum absolute atomic E-state index is 0.435. The molecule has 1 unspecified atom stereocenters. The van der Waals surface area contributed by atoms with E-state index in [0.29, 0.717) is 18.8 Å². The zero-order valence-electron chi connectivity index (χ0n) is 12.5. The van der Waals surface area contributed by atoms with Gasteiger partial charge in [-0.25, -0.2) is 0 Å². The molecule has 0 radical (unpaired) electrons. The van der Waals surface area contributed by atoms with Crippen LogP contribution in [0.3, 0.4) is 0 Å². The van der Waals surface area contributed by atoms with Crippen molar-refractivity contribution in [3.05, 3.63) is 70.6 Å². The van der Waals surface area contributed by atoms with Crippen LogP contribution in [0.25, 0.3) is 0 Å². The Morgan fingerprint density at radius 3 is 2.91 bits per heavy atom. The summed E-state index contributed by atoms with van der Waals surface area (Å²) in [4.78, 5) is 1.33. The van der Waals surface area contributed by atoms with Crippen LogP contribution in [-0.2, 0) is 18.7 Å². The Morgan fingerprint density at radius 1 is 1.27 bits per heavy atom. The highest BCUT2D eigenvalue weighted by Crippen LogP contribution is 2.20. The third-order valence-electron chi connectivity index (χ3n) is 3.66. The molecule has 1 atom stereocenters. The van der Waals surface area contributed by atoms with Crippen LogP contribution >= 0.6 is 11.3 Å². The van der Waals surface area contributed by atoms with Gasteiger partial charge >= 0.3 is 0 Å². The van der Waals surface area contributed by atoms with Gasteiger partial charge in [0.05, 0.1) is 12.8 Å². The molecule has 0 aliphatic rings. The molecule has 5 heteroatoms. The molecule has 0 aliphatic heterocycles. The van der Waals surface area contributed by atoms with E-state index in [9.17, 15) is 5.11 Å². The average molecular weight is 316 g/mol.